The predicted octanol–water partition coefficient (Wildman–Crippen LogP) is 1.97. The van der Waals surface area contributed by atoms with Gasteiger partial charge in [0.1, 0.15) is 0 Å². The Hall–Kier alpha value is -0.610. The molecule has 2 fully saturated rings. The van der Waals surface area contributed by atoms with Crippen LogP contribution in [0.1, 0.15) is 34.1 Å². The molecule has 0 bridgehead atoms. The molecule has 4 nitrogen and oxygen atoms in total. The highest BCUT2D eigenvalue weighted by Crippen LogP contribution is 2.59. The molecule has 17 heavy (non-hydrogen) atoms. The van der Waals surface area contributed by atoms with E-state index in [2.05, 4.69) is 13.8 Å². The molecule has 1 atom stereocenters. The molecule has 2 rings (SSSR count). The summed E-state index contributed by atoms with van der Waals surface area (Å²) in [5.74, 6) is -0.636. The molecular weight excluding hydrogens is 220 g/mol. The fourth-order valence-corrected chi connectivity index (χ4v) is 2.47. The first kappa shape index (κ1) is 12.8. The number of esters is 1. The van der Waals surface area contributed by atoms with Gasteiger partial charge < -0.3 is 14.2 Å². The normalized spacial score (nSPS) is 30.1. The number of rotatable bonds is 2. The highest BCUT2D eigenvalue weighted by Gasteiger charge is 2.67. The Morgan fingerprint density at radius 3 is 2.29 bits per heavy atom. The van der Waals surface area contributed by atoms with Crippen molar-refractivity contribution in [1.29, 1.82) is 0 Å². The molecule has 1 aliphatic heterocycles. The molecule has 0 amide bonds. The fraction of sp³-hybridized carbons (Fsp3) is 0.923. The van der Waals surface area contributed by atoms with Gasteiger partial charge in [0, 0.05) is 17.8 Å². The number of methoxy groups -OCH3 is 1. The van der Waals surface area contributed by atoms with Crippen LogP contribution in [-0.2, 0) is 19.0 Å². The van der Waals surface area contributed by atoms with E-state index in [-0.39, 0.29) is 17.3 Å². The van der Waals surface area contributed by atoms with Gasteiger partial charge in [-0.25, -0.2) is 0 Å². The van der Waals surface area contributed by atoms with E-state index in [0.29, 0.717) is 13.2 Å². The molecule has 1 saturated heterocycles. The van der Waals surface area contributed by atoms with Crippen LogP contribution >= 0.6 is 0 Å². The molecule has 0 aromatic carbocycles. The SMILES string of the molecule is COC(=O)C(C)(C)C1CC12OCC(C)(C)CO2. The number of hydrogen-bond donors (Lipinski definition) is 0. The van der Waals surface area contributed by atoms with Gasteiger partial charge in [-0.05, 0) is 13.8 Å². The van der Waals surface area contributed by atoms with Crippen LogP contribution in [0, 0.1) is 16.7 Å². The van der Waals surface area contributed by atoms with E-state index in [1.807, 2.05) is 13.8 Å². The summed E-state index contributed by atoms with van der Waals surface area (Å²) in [6.45, 7) is 9.38. The van der Waals surface area contributed by atoms with E-state index < -0.39 is 11.2 Å². The van der Waals surface area contributed by atoms with E-state index in [0.717, 1.165) is 6.42 Å². The van der Waals surface area contributed by atoms with Crippen molar-refractivity contribution in [2.75, 3.05) is 20.3 Å². The molecule has 1 heterocycles. The zero-order valence-electron chi connectivity index (χ0n) is 11.3. The molecule has 0 N–H and O–H groups in total. The summed E-state index contributed by atoms with van der Waals surface area (Å²) in [5, 5.41) is 0. The van der Waals surface area contributed by atoms with Crippen molar-refractivity contribution in [3.05, 3.63) is 0 Å². The maximum atomic E-state index is 11.7. The molecule has 1 aliphatic carbocycles. The molecule has 4 heteroatoms. The lowest BCUT2D eigenvalue weighted by molar-refractivity contribution is -0.255. The highest BCUT2D eigenvalue weighted by atomic mass is 16.7. The van der Waals surface area contributed by atoms with Gasteiger partial charge in [0.2, 0.25) is 0 Å². The van der Waals surface area contributed by atoms with Gasteiger partial charge in [-0.15, -0.1) is 0 Å². The monoisotopic (exact) mass is 242 g/mol. The standard InChI is InChI=1S/C13H22O4/c1-11(2)7-16-13(17-8-11)6-9(13)12(3,4)10(14)15-5/h9H,6-8H2,1-5H3. The van der Waals surface area contributed by atoms with Crippen LogP contribution in [-0.4, -0.2) is 32.1 Å². The lowest BCUT2D eigenvalue weighted by Crippen LogP contribution is -2.43. The van der Waals surface area contributed by atoms with Crippen LogP contribution in [0.3, 0.4) is 0 Å². The van der Waals surface area contributed by atoms with E-state index in [1.165, 1.54) is 7.11 Å². The van der Waals surface area contributed by atoms with Gasteiger partial charge in [-0.2, -0.15) is 0 Å². The van der Waals surface area contributed by atoms with Gasteiger partial charge in [0.15, 0.2) is 5.79 Å². The van der Waals surface area contributed by atoms with Crippen LogP contribution in [0.2, 0.25) is 0 Å². The third kappa shape index (κ3) is 2.08. The minimum atomic E-state index is -0.545. The Bertz CT molecular complexity index is 322. The summed E-state index contributed by atoms with van der Waals surface area (Å²) >= 11 is 0. The minimum Gasteiger partial charge on any atom is -0.469 e. The first-order valence-corrected chi connectivity index (χ1v) is 6.10. The maximum absolute atomic E-state index is 11.7. The summed E-state index contributed by atoms with van der Waals surface area (Å²) in [6, 6.07) is 0. The average molecular weight is 242 g/mol. The molecule has 0 aromatic rings. The molecule has 1 saturated carbocycles. The van der Waals surface area contributed by atoms with Gasteiger partial charge >= 0.3 is 5.97 Å². The number of carbonyl (C=O) groups is 1. The second-order valence-corrected chi connectivity index (χ2v) is 6.52. The van der Waals surface area contributed by atoms with E-state index >= 15 is 0 Å². The van der Waals surface area contributed by atoms with Gasteiger partial charge in [0.25, 0.3) is 0 Å². The predicted molar refractivity (Wildman–Crippen MR) is 62.3 cm³/mol. The van der Waals surface area contributed by atoms with Crippen molar-refractivity contribution in [2.45, 2.75) is 39.9 Å². The Morgan fingerprint density at radius 2 is 1.82 bits per heavy atom. The summed E-state index contributed by atoms with van der Waals surface area (Å²) in [7, 11) is 1.42. The third-order valence-electron chi connectivity index (χ3n) is 3.86. The third-order valence-corrected chi connectivity index (χ3v) is 3.86. The largest absolute Gasteiger partial charge is 0.469 e. The summed E-state index contributed by atoms with van der Waals surface area (Å²) in [5.41, 5.74) is -0.482. The Morgan fingerprint density at radius 1 is 1.29 bits per heavy atom. The molecular formula is C13H22O4. The topological polar surface area (TPSA) is 44.8 Å². The van der Waals surface area contributed by atoms with Crippen LogP contribution < -0.4 is 0 Å². The Kier molecular flexibility index (Phi) is 2.79. The average Bonchev–Trinajstić information content (AvgIpc) is 2.98. The smallest absolute Gasteiger partial charge is 0.311 e. The molecule has 1 spiro atoms. The first-order valence-electron chi connectivity index (χ1n) is 6.10. The van der Waals surface area contributed by atoms with Crippen LogP contribution in [0.15, 0.2) is 0 Å². The number of hydrogen-bond acceptors (Lipinski definition) is 4. The second kappa shape index (κ2) is 3.69. The summed E-state index contributed by atoms with van der Waals surface area (Å²) in [6.07, 6.45) is 0.783. The van der Waals surface area contributed by atoms with Crippen molar-refractivity contribution in [1.82, 2.24) is 0 Å². The zero-order chi connectivity index (χ0) is 12.9. The van der Waals surface area contributed by atoms with Crippen molar-refractivity contribution in [3.63, 3.8) is 0 Å². The first-order chi connectivity index (χ1) is 7.73. The summed E-state index contributed by atoms with van der Waals surface area (Å²) in [4.78, 5) is 11.7. The molecule has 2 aliphatic rings. The highest BCUT2D eigenvalue weighted by molar-refractivity contribution is 5.77. The number of ether oxygens (including phenoxy) is 3. The Labute approximate surface area is 103 Å². The van der Waals surface area contributed by atoms with Crippen molar-refractivity contribution in [2.24, 2.45) is 16.7 Å². The maximum Gasteiger partial charge on any atom is 0.311 e. The Balaban J connectivity index is 2.03. The van der Waals surface area contributed by atoms with E-state index in [9.17, 15) is 4.79 Å². The lowest BCUT2D eigenvalue weighted by atomic mass is 9.86. The fourth-order valence-electron chi connectivity index (χ4n) is 2.47. The van der Waals surface area contributed by atoms with Gasteiger partial charge in [-0.3, -0.25) is 4.79 Å². The molecule has 98 valence electrons. The van der Waals surface area contributed by atoms with Crippen molar-refractivity contribution in [3.8, 4) is 0 Å². The van der Waals surface area contributed by atoms with Crippen LogP contribution in [0.25, 0.3) is 0 Å². The number of carbonyl (C=O) groups excluding carboxylic acids is 1. The molecule has 0 radical (unpaired) electrons. The van der Waals surface area contributed by atoms with Crippen molar-refractivity contribution < 1.29 is 19.0 Å². The van der Waals surface area contributed by atoms with Gasteiger partial charge in [-0.1, -0.05) is 13.8 Å². The van der Waals surface area contributed by atoms with Crippen LogP contribution in [0.5, 0.6) is 0 Å². The van der Waals surface area contributed by atoms with E-state index in [4.69, 9.17) is 14.2 Å². The minimum absolute atomic E-state index is 0.0633. The van der Waals surface area contributed by atoms with E-state index in [1.54, 1.807) is 0 Å². The lowest BCUT2D eigenvalue weighted by Gasteiger charge is -2.37. The van der Waals surface area contributed by atoms with Gasteiger partial charge in [0.05, 0.1) is 25.7 Å². The van der Waals surface area contributed by atoms with Crippen LogP contribution in [0.4, 0.5) is 0 Å². The quantitative estimate of drug-likeness (QED) is 0.694. The molecule has 1 unspecified atom stereocenters. The second-order valence-electron chi connectivity index (χ2n) is 6.52. The molecule has 0 aromatic heterocycles. The zero-order valence-corrected chi connectivity index (χ0v) is 11.3. The summed E-state index contributed by atoms with van der Waals surface area (Å²) < 4.78 is 16.6. The van der Waals surface area contributed by atoms with Crippen molar-refractivity contribution >= 4 is 5.97 Å².